The predicted octanol–water partition coefficient (Wildman–Crippen LogP) is 1.01. The molecule has 1 fully saturated rings. The van der Waals surface area contributed by atoms with Gasteiger partial charge in [0.1, 0.15) is 11.4 Å². The largest absolute Gasteiger partial charge is 0.444 e. The van der Waals surface area contributed by atoms with E-state index in [0.717, 1.165) is 0 Å². The summed E-state index contributed by atoms with van der Waals surface area (Å²) in [5.74, 6) is -1.08. The van der Waals surface area contributed by atoms with Crippen molar-refractivity contribution in [2.75, 3.05) is 13.1 Å². The molecule has 1 heterocycles. The van der Waals surface area contributed by atoms with Crippen LogP contribution in [0.4, 0.5) is 4.79 Å². The van der Waals surface area contributed by atoms with E-state index in [2.05, 4.69) is 0 Å². The molecule has 0 bridgehead atoms. The number of likely N-dealkylation sites (tertiary alicyclic amines) is 1. The van der Waals surface area contributed by atoms with E-state index in [0.29, 0.717) is 0 Å². The Kier molecular flexibility index (Phi) is 3.35. The molecule has 1 rings (SSSR count). The molecule has 5 heteroatoms. The van der Waals surface area contributed by atoms with E-state index in [1.54, 1.807) is 20.8 Å². The SMILES string of the molecule is CC(=O)[C@@H]1CN(C(=O)OC(C)(C)C)CC1=O. The van der Waals surface area contributed by atoms with E-state index in [1.165, 1.54) is 11.8 Å². The van der Waals surface area contributed by atoms with Crippen LogP contribution in [0.2, 0.25) is 0 Å². The Balaban J connectivity index is 2.62. The molecular formula is C11H17NO4. The van der Waals surface area contributed by atoms with Gasteiger partial charge in [-0.3, -0.25) is 14.5 Å². The highest BCUT2D eigenvalue weighted by atomic mass is 16.6. The van der Waals surface area contributed by atoms with Gasteiger partial charge in [-0.05, 0) is 27.7 Å². The number of Topliss-reactive ketones (excluding diaryl/α,β-unsaturated/α-hetero) is 2. The summed E-state index contributed by atoms with van der Waals surface area (Å²) in [6, 6.07) is 0. The Labute approximate surface area is 94.7 Å². The highest BCUT2D eigenvalue weighted by molar-refractivity contribution is 6.05. The molecule has 0 aromatic carbocycles. The summed E-state index contributed by atoms with van der Waals surface area (Å²) in [6.45, 7) is 6.74. The lowest BCUT2D eigenvalue weighted by Crippen LogP contribution is -2.35. The maximum Gasteiger partial charge on any atom is 0.410 e. The second kappa shape index (κ2) is 4.23. The lowest BCUT2D eigenvalue weighted by Gasteiger charge is -2.23. The number of nitrogens with zero attached hydrogens (tertiary/aromatic N) is 1. The summed E-state index contributed by atoms with van der Waals surface area (Å²) in [4.78, 5) is 35.4. The second-order valence-corrected chi connectivity index (χ2v) is 4.99. The van der Waals surface area contributed by atoms with Crippen molar-refractivity contribution in [2.45, 2.75) is 33.3 Å². The van der Waals surface area contributed by atoms with Crippen molar-refractivity contribution in [2.24, 2.45) is 5.92 Å². The third kappa shape index (κ3) is 3.05. The van der Waals surface area contributed by atoms with Crippen molar-refractivity contribution >= 4 is 17.7 Å². The third-order valence-corrected chi connectivity index (χ3v) is 2.28. The van der Waals surface area contributed by atoms with Crippen LogP contribution in [0, 0.1) is 5.92 Å². The lowest BCUT2D eigenvalue weighted by molar-refractivity contribution is -0.128. The second-order valence-electron chi connectivity index (χ2n) is 4.99. The normalized spacial score (nSPS) is 21.1. The summed E-state index contributed by atoms with van der Waals surface area (Å²) < 4.78 is 5.12. The first-order valence-electron chi connectivity index (χ1n) is 5.22. The van der Waals surface area contributed by atoms with Gasteiger partial charge in [-0.15, -0.1) is 0 Å². The Morgan fingerprint density at radius 1 is 1.38 bits per heavy atom. The highest BCUT2D eigenvalue weighted by Gasteiger charge is 2.37. The van der Waals surface area contributed by atoms with Crippen LogP contribution in [0.25, 0.3) is 0 Å². The fraction of sp³-hybridized carbons (Fsp3) is 0.727. The average Bonchev–Trinajstić information content (AvgIpc) is 2.44. The van der Waals surface area contributed by atoms with Gasteiger partial charge in [0.25, 0.3) is 0 Å². The van der Waals surface area contributed by atoms with Crippen LogP contribution in [0.5, 0.6) is 0 Å². The fourth-order valence-electron chi connectivity index (χ4n) is 1.51. The first-order chi connectivity index (χ1) is 7.20. The number of amides is 1. The summed E-state index contributed by atoms with van der Waals surface area (Å²) in [5.41, 5.74) is -0.589. The minimum absolute atomic E-state index is 0.0286. The van der Waals surface area contributed by atoms with Gasteiger partial charge in [-0.25, -0.2) is 4.79 Å². The molecule has 0 N–H and O–H groups in total. The van der Waals surface area contributed by atoms with Crippen molar-refractivity contribution in [1.82, 2.24) is 4.90 Å². The van der Waals surface area contributed by atoms with E-state index >= 15 is 0 Å². The first kappa shape index (κ1) is 12.7. The van der Waals surface area contributed by atoms with Crippen LogP contribution >= 0.6 is 0 Å². The molecule has 1 saturated heterocycles. The van der Waals surface area contributed by atoms with Crippen LogP contribution in [0.15, 0.2) is 0 Å². The minimum Gasteiger partial charge on any atom is -0.444 e. The van der Waals surface area contributed by atoms with Crippen molar-refractivity contribution in [3.63, 3.8) is 0 Å². The molecule has 0 radical (unpaired) electrons. The molecule has 0 aliphatic carbocycles. The number of hydrogen-bond donors (Lipinski definition) is 0. The quantitative estimate of drug-likeness (QED) is 0.627. The lowest BCUT2D eigenvalue weighted by atomic mass is 10.0. The fourth-order valence-corrected chi connectivity index (χ4v) is 1.51. The number of hydrogen-bond acceptors (Lipinski definition) is 4. The van der Waals surface area contributed by atoms with E-state index in [1.807, 2.05) is 0 Å². The van der Waals surface area contributed by atoms with Gasteiger partial charge in [0, 0.05) is 6.54 Å². The van der Waals surface area contributed by atoms with Crippen LogP contribution in [-0.4, -0.2) is 41.3 Å². The zero-order valence-electron chi connectivity index (χ0n) is 10.1. The molecule has 0 aromatic heterocycles. The highest BCUT2D eigenvalue weighted by Crippen LogP contribution is 2.17. The summed E-state index contributed by atoms with van der Waals surface area (Å²) in [6.07, 6.45) is -0.537. The monoisotopic (exact) mass is 227 g/mol. The molecule has 1 aliphatic heterocycles. The molecule has 0 unspecified atom stereocenters. The Hall–Kier alpha value is -1.39. The Morgan fingerprint density at radius 3 is 2.31 bits per heavy atom. The van der Waals surface area contributed by atoms with E-state index in [-0.39, 0.29) is 24.7 Å². The molecule has 0 aromatic rings. The molecule has 0 saturated carbocycles. The van der Waals surface area contributed by atoms with Gasteiger partial charge in [-0.2, -0.15) is 0 Å². The maximum absolute atomic E-state index is 11.6. The van der Waals surface area contributed by atoms with Gasteiger partial charge >= 0.3 is 6.09 Å². The van der Waals surface area contributed by atoms with Gasteiger partial charge in [-0.1, -0.05) is 0 Å². The van der Waals surface area contributed by atoms with Crippen LogP contribution in [0.1, 0.15) is 27.7 Å². The van der Waals surface area contributed by atoms with E-state index in [9.17, 15) is 14.4 Å². The van der Waals surface area contributed by atoms with Gasteiger partial charge in [0.15, 0.2) is 5.78 Å². The summed E-state index contributed by atoms with van der Waals surface area (Å²) >= 11 is 0. The number of ketones is 2. The molecule has 1 amide bonds. The topological polar surface area (TPSA) is 63.7 Å². The van der Waals surface area contributed by atoms with E-state index < -0.39 is 17.6 Å². The number of carbonyl (C=O) groups is 3. The van der Waals surface area contributed by atoms with Crippen molar-refractivity contribution in [3.8, 4) is 0 Å². The number of rotatable bonds is 1. The van der Waals surface area contributed by atoms with Gasteiger partial charge in [0.05, 0.1) is 12.5 Å². The Bertz CT molecular complexity index is 329. The van der Waals surface area contributed by atoms with Gasteiger partial charge < -0.3 is 4.74 Å². The molecule has 16 heavy (non-hydrogen) atoms. The molecule has 1 atom stereocenters. The van der Waals surface area contributed by atoms with E-state index in [4.69, 9.17) is 4.74 Å². The molecule has 90 valence electrons. The van der Waals surface area contributed by atoms with Crippen molar-refractivity contribution in [3.05, 3.63) is 0 Å². The van der Waals surface area contributed by atoms with Crippen LogP contribution in [0.3, 0.4) is 0 Å². The first-order valence-corrected chi connectivity index (χ1v) is 5.22. The smallest absolute Gasteiger partial charge is 0.410 e. The molecule has 5 nitrogen and oxygen atoms in total. The summed E-state index contributed by atoms with van der Waals surface area (Å²) in [7, 11) is 0. The zero-order valence-corrected chi connectivity index (χ0v) is 10.1. The molecule has 0 spiro atoms. The maximum atomic E-state index is 11.6. The number of ether oxygens (including phenoxy) is 1. The van der Waals surface area contributed by atoms with Crippen molar-refractivity contribution in [1.29, 1.82) is 0 Å². The van der Waals surface area contributed by atoms with Gasteiger partial charge in [0.2, 0.25) is 0 Å². The minimum atomic E-state index is -0.674. The molecular weight excluding hydrogens is 210 g/mol. The van der Waals surface area contributed by atoms with Crippen LogP contribution in [-0.2, 0) is 14.3 Å². The predicted molar refractivity (Wildman–Crippen MR) is 57.0 cm³/mol. The molecule has 1 aliphatic rings. The number of carbonyl (C=O) groups excluding carboxylic acids is 3. The summed E-state index contributed by atoms with van der Waals surface area (Å²) in [5, 5.41) is 0. The Morgan fingerprint density at radius 2 is 1.94 bits per heavy atom. The zero-order chi connectivity index (χ0) is 12.5. The third-order valence-electron chi connectivity index (χ3n) is 2.28. The van der Waals surface area contributed by atoms with Crippen molar-refractivity contribution < 1.29 is 19.1 Å². The average molecular weight is 227 g/mol. The standard InChI is InChI=1S/C11H17NO4/c1-7(13)8-5-12(6-9(8)14)10(15)16-11(2,3)4/h8H,5-6H2,1-4H3/t8-/m0/s1. The van der Waals surface area contributed by atoms with Crippen LogP contribution < -0.4 is 0 Å².